The minimum Gasteiger partial charge on any atom is -0.426 e. The number of hydrogen-bond acceptors (Lipinski definition) is 5. The van der Waals surface area contributed by atoms with Crippen molar-refractivity contribution >= 4 is 28.7 Å². The molecule has 2 aromatic heterocycles. The summed E-state index contributed by atoms with van der Waals surface area (Å²) in [6, 6.07) is 17.0. The van der Waals surface area contributed by atoms with Gasteiger partial charge in [-0.25, -0.2) is 0 Å². The number of piperidine rings is 1. The van der Waals surface area contributed by atoms with Crippen LogP contribution in [0.4, 0.5) is 5.95 Å². The van der Waals surface area contributed by atoms with E-state index in [1.807, 2.05) is 59.2 Å². The molecular weight excluding hydrogens is 438 g/mol. The van der Waals surface area contributed by atoms with E-state index in [9.17, 15) is 4.79 Å². The zero-order valence-corrected chi connectivity index (χ0v) is 19.3. The molecule has 1 fully saturated rings. The van der Waals surface area contributed by atoms with E-state index in [0.29, 0.717) is 34.4 Å². The number of aromatic amines is 1. The second-order valence-electron chi connectivity index (χ2n) is 8.41. The Balaban J connectivity index is 1.61. The summed E-state index contributed by atoms with van der Waals surface area (Å²) < 4.78 is 7.72. The Kier molecular flexibility index (Phi) is 6.05. The predicted molar refractivity (Wildman–Crippen MR) is 130 cm³/mol. The second-order valence-corrected chi connectivity index (χ2v) is 8.82. The molecule has 0 aliphatic carbocycles. The van der Waals surface area contributed by atoms with Crippen LogP contribution in [0.3, 0.4) is 0 Å². The van der Waals surface area contributed by atoms with E-state index in [0.717, 1.165) is 37.4 Å². The van der Waals surface area contributed by atoms with Crippen LogP contribution >= 0.6 is 11.6 Å². The lowest BCUT2D eigenvalue weighted by molar-refractivity contribution is 0.399. The summed E-state index contributed by atoms with van der Waals surface area (Å²) in [4.78, 5) is 27.6. The average molecular weight is 464 g/mol. The molecule has 33 heavy (non-hydrogen) atoms. The molecule has 2 aromatic carbocycles. The largest absolute Gasteiger partial charge is 0.426 e. The first-order valence-electron chi connectivity index (χ1n) is 11.3. The number of hydrogen-bond donors (Lipinski definition) is 1. The van der Waals surface area contributed by atoms with Crippen LogP contribution in [0.25, 0.3) is 11.2 Å². The number of benzene rings is 2. The zero-order valence-electron chi connectivity index (χ0n) is 18.5. The van der Waals surface area contributed by atoms with Crippen LogP contribution in [0.15, 0.2) is 59.4 Å². The van der Waals surface area contributed by atoms with E-state index < -0.39 is 0 Å². The number of anilines is 1. The SMILES string of the molecule is CC[C@@H]1CCCN(c2nc3nc(Oc4ccccc4)[nH]c(=O)c3n2Cc2ccccc2Cl)C1. The summed E-state index contributed by atoms with van der Waals surface area (Å²) in [5.74, 6) is 1.95. The summed E-state index contributed by atoms with van der Waals surface area (Å²) in [6.07, 6.45) is 3.43. The quantitative estimate of drug-likeness (QED) is 0.423. The van der Waals surface area contributed by atoms with Gasteiger partial charge in [-0.15, -0.1) is 0 Å². The first-order valence-corrected chi connectivity index (χ1v) is 11.7. The van der Waals surface area contributed by atoms with Gasteiger partial charge in [-0.3, -0.25) is 14.3 Å². The molecule has 0 radical (unpaired) electrons. The number of fused-ring (bicyclic) bond motifs is 1. The maximum atomic E-state index is 13.2. The molecule has 1 N–H and O–H groups in total. The number of rotatable bonds is 6. The van der Waals surface area contributed by atoms with E-state index in [-0.39, 0.29) is 11.6 Å². The number of halogens is 1. The van der Waals surface area contributed by atoms with Crippen molar-refractivity contribution in [2.75, 3.05) is 18.0 Å². The van der Waals surface area contributed by atoms with E-state index in [1.165, 1.54) is 6.42 Å². The fraction of sp³-hybridized carbons (Fsp3) is 0.320. The number of para-hydroxylation sites is 1. The van der Waals surface area contributed by atoms with Gasteiger partial charge in [0.25, 0.3) is 5.56 Å². The molecule has 0 spiro atoms. The molecule has 0 amide bonds. The van der Waals surface area contributed by atoms with Crippen LogP contribution < -0.4 is 15.2 Å². The molecule has 0 bridgehead atoms. The smallest absolute Gasteiger partial charge is 0.304 e. The summed E-state index contributed by atoms with van der Waals surface area (Å²) in [5, 5.41) is 0.656. The van der Waals surface area contributed by atoms with Crippen LogP contribution in [0.5, 0.6) is 11.8 Å². The Morgan fingerprint density at radius 3 is 2.70 bits per heavy atom. The maximum Gasteiger partial charge on any atom is 0.304 e. The van der Waals surface area contributed by atoms with Gasteiger partial charge in [-0.05, 0) is 42.5 Å². The van der Waals surface area contributed by atoms with Gasteiger partial charge in [-0.2, -0.15) is 9.97 Å². The molecule has 0 unspecified atom stereocenters. The van der Waals surface area contributed by atoms with Crippen LogP contribution in [0.1, 0.15) is 31.7 Å². The lowest BCUT2D eigenvalue weighted by atomic mass is 9.96. The number of ether oxygens (including phenoxy) is 1. The number of aromatic nitrogens is 4. The minimum atomic E-state index is -0.291. The van der Waals surface area contributed by atoms with Crippen molar-refractivity contribution in [1.82, 2.24) is 19.5 Å². The fourth-order valence-corrected chi connectivity index (χ4v) is 4.62. The number of imidazole rings is 1. The van der Waals surface area contributed by atoms with Crippen molar-refractivity contribution in [1.29, 1.82) is 0 Å². The highest BCUT2D eigenvalue weighted by Gasteiger charge is 2.26. The Hall–Kier alpha value is -3.32. The van der Waals surface area contributed by atoms with Crippen molar-refractivity contribution < 1.29 is 4.74 Å². The van der Waals surface area contributed by atoms with Crippen LogP contribution in [0, 0.1) is 5.92 Å². The highest BCUT2D eigenvalue weighted by Crippen LogP contribution is 2.29. The summed E-state index contributed by atoms with van der Waals surface area (Å²) >= 11 is 6.46. The highest BCUT2D eigenvalue weighted by molar-refractivity contribution is 6.31. The summed E-state index contributed by atoms with van der Waals surface area (Å²) in [7, 11) is 0. The van der Waals surface area contributed by atoms with Gasteiger partial charge in [0.1, 0.15) is 5.75 Å². The molecular formula is C25H26ClN5O2. The number of nitrogens with zero attached hydrogens (tertiary/aromatic N) is 4. The monoisotopic (exact) mass is 463 g/mol. The Morgan fingerprint density at radius 1 is 1.12 bits per heavy atom. The normalized spacial score (nSPS) is 16.3. The first-order chi connectivity index (χ1) is 16.1. The van der Waals surface area contributed by atoms with Crippen LogP contribution in [-0.2, 0) is 6.54 Å². The molecule has 7 nitrogen and oxygen atoms in total. The lowest BCUT2D eigenvalue weighted by Crippen LogP contribution is -2.37. The maximum absolute atomic E-state index is 13.2. The molecule has 0 saturated carbocycles. The predicted octanol–water partition coefficient (Wildman–Crippen LogP) is 5.24. The Bertz CT molecular complexity index is 1320. The van der Waals surface area contributed by atoms with Gasteiger partial charge in [0.15, 0.2) is 11.2 Å². The van der Waals surface area contributed by atoms with Crippen molar-refractivity contribution in [3.05, 3.63) is 75.5 Å². The molecule has 1 aliphatic heterocycles. The molecule has 1 aliphatic rings. The topological polar surface area (TPSA) is 76.0 Å². The van der Waals surface area contributed by atoms with Gasteiger partial charge < -0.3 is 9.64 Å². The third-order valence-corrected chi connectivity index (χ3v) is 6.56. The van der Waals surface area contributed by atoms with E-state index in [4.69, 9.17) is 21.3 Å². The molecule has 3 heterocycles. The second kappa shape index (κ2) is 9.27. The Morgan fingerprint density at radius 2 is 1.91 bits per heavy atom. The highest BCUT2D eigenvalue weighted by atomic mass is 35.5. The van der Waals surface area contributed by atoms with E-state index >= 15 is 0 Å². The van der Waals surface area contributed by atoms with Gasteiger partial charge in [0.2, 0.25) is 5.95 Å². The lowest BCUT2D eigenvalue weighted by Gasteiger charge is -2.33. The van der Waals surface area contributed by atoms with Crippen molar-refractivity contribution in [2.24, 2.45) is 5.92 Å². The third-order valence-electron chi connectivity index (χ3n) is 6.20. The van der Waals surface area contributed by atoms with Gasteiger partial charge in [0.05, 0.1) is 6.54 Å². The van der Waals surface area contributed by atoms with E-state index in [2.05, 4.69) is 21.8 Å². The first kappa shape index (κ1) is 21.5. The van der Waals surface area contributed by atoms with Crippen molar-refractivity contribution in [3.8, 4) is 11.8 Å². The number of nitrogens with one attached hydrogen (secondary N) is 1. The summed E-state index contributed by atoms with van der Waals surface area (Å²) in [6.45, 7) is 4.46. The van der Waals surface area contributed by atoms with Crippen LogP contribution in [0.2, 0.25) is 5.02 Å². The van der Waals surface area contributed by atoms with Gasteiger partial charge in [-0.1, -0.05) is 61.3 Å². The molecule has 1 atom stereocenters. The van der Waals surface area contributed by atoms with Crippen molar-refractivity contribution in [2.45, 2.75) is 32.7 Å². The molecule has 5 rings (SSSR count). The van der Waals surface area contributed by atoms with E-state index in [1.54, 1.807) is 0 Å². The van der Waals surface area contributed by atoms with Gasteiger partial charge >= 0.3 is 6.01 Å². The molecule has 170 valence electrons. The standard InChI is InChI=1S/C25H26ClN5O2/c1-2-17-9-8-14-30(15-17)25-28-22-21(31(25)16-18-10-6-7-13-20(18)26)23(32)29-24(27-22)33-19-11-4-3-5-12-19/h3-7,10-13,17H,2,8-9,14-16H2,1H3,(H,27,29,32)/t17-/m1/s1. The Labute approximate surface area is 197 Å². The molecule has 1 saturated heterocycles. The third kappa shape index (κ3) is 4.46. The molecule has 8 heteroatoms. The van der Waals surface area contributed by atoms with Gasteiger partial charge in [0, 0.05) is 18.1 Å². The molecule has 4 aromatic rings. The van der Waals surface area contributed by atoms with Crippen LogP contribution in [-0.4, -0.2) is 32.6 Å². The zero-order chi connectivity index (χ0) is 22.8. The number of H-pyrrole nitrogens is 1. The fourth-order valence-electron chi connectivity index (χ4n) is 4.43. The minimum absolute atomic E-state index is 0.123. The summed E-state index contributed by atoms with van der Waals surface area (Å²) in [5.41, 5.74) is 1.42. The average Bonchev–Trinajstić information content (AvgIpc) is 3.20. The van der Waals surface area contributed by atoms with Crippen molar-refractivity contribution in [3.63, 3.8) is 0 Å².